The van der Waals surface area contributed by atoms with Crippen molar-refractivity contribution in [2.24, 2.45) is 5.92 Å². The molecule has 1 aliphatic rings. The zero-order chi connectivity index (χ0) is 11.2. The zero-order valence-electron chi connectivity index (χ0n) is 9.82. The number of hydrogen-bond donors (Lipinski definition) is 0. The number of carbonyl (C=O) groups is 1. The Balaban J connectivity index is 1.70. The molecule has 1 atom stereocenters. The topological polar surface area (TPSA) is 17.1 Å². The molecule has 16 heavy (non-hydrogen) atoms. The van der Waals surface area contributed by atoms with Crippen LogP contribution in [0.5, 0.6) is 0 Å². The molecule has 1 heteroatoms. The molecule has 1 saturated carbocycles. The van der Waals surface area contributed by atoms with Gasteiger partial charge in [-0.15, -0.1) is 0 Å². The fraction of sp³-hybridized carbons (Fsp3) is 0.533. The van der Waals surface area contributed by atoms with Crippen molar-refractivity contribution in [3.63, 3.8) is 0 Å². The van der Waals surface area contributed by atoms with Crippen molar-refractivity contribution in [1.82, 2.24) is 0 Å². The minimum atomic E-state index is 0.482. The Labute approximate surface area is 97.9 Å². The SMILES string of the molecule is O=C1CCCC(CCCc2ccccc2)C1. The molecule has 1 fully saturated rings. The summed E-state index contributed by atoms with van der Waals surface area (Å²) in [7, 11) is 0. The predicted octanol–water partition coefficient (Wildman–Crippen LogP) is 3.77. The molecule has 1 aromatic rings. The lowest BCUT2D eigenvalue weighted by atomic mass is 9.84. The van der Waals surface area contributed by atoms with Crippen LogP contribution < -0.4 is 0 Å². The van der Waals surface area contributed by atoms with Crippen LogP contribution in [-0.4, -0.2) is 5.78 Å². The van der Waals surface area contributed by atoms with Gasteiger partial charge in [-0.3, -0.25) is 4.79 Å². The fourth-order valence-electron chi connectivity index (χ4n) is 2.60. The van der Waals surface area contributed by atoms with Gasteiger partial charge < -0.3 is 0 Å². The van der Waals surface area contributed by atoms with Gasteiger partial charge in [-0.2, -0.15) is 0 Å². The van der Waals surface area contributed by atoms with Gasteiger partial charge in [-0.1, -0.05) is 30.3 Å². The van der Waals surface area contributed by atoms with Crippen molar-refractivity contribution >= 4 is 5.78 Å². The lowest BCUT2D eigenvalue weighted by Gasteiger charge is -2.20. The molecule has 1 unspecified atom stereocenters. The average Bonchev–Trinajstić information content (AvgIpc) is 2.30. The monoisotopic (exact) mass is 216 g/mol. The number of aryl methyl sites for hydroxylation is 1. The molecule has 0 radical (unpaired) electrons. The Hall–Kier alpha value is -1.11. The van der Waals surface area contributed by atoms with Gasteiger partial charge in [-0.25, -0.2) is 0 Å². The molecule has 1 aliphatic carbocycles. The average molecular weight is 216 g/mol. The summed E-state index contributed by atoms with van der Waals surface area (Å²) >= 11 is 0. The van der Waals surface area contributed by atoms with E-state index in [4.69, 9.17) is 0 Å². The highest BCUT2D eigenvalue weighted by atomic mass is 16.1. The van der Waals surface area contributed by atoms with Crippen LogP contribution in [0, 0.1) is 5.92 Å². The Morgan fingerprint density at radius 1 is 1.19 bits per heavy atom. The van der Waals surface area contributed by atoms with E-state index in [0.717, 1.165) is 25.7 Å². The number of hydrogen-bond acceptors (Lipinski definition) is 1. The van der Waals surface area contributed by atoms with Crippen LogP contribution in [0.3, 0.4) is 0 Å². The van der Waals surface area contributed by atoms with E-state index in [1.165, 1.54) is 24.8 Å². The highest BCUT2D eigenvalue weighted by Crippen LogP contribution is 2.25. The molecule has 0 bridgehead atoms. The predicted molar refractivity (Wildman–Crippen MR) is 66.3 cm³/mol. The zero-order valence-corrected chi connectivity index (χ0v) is 9.82. The van der Waals surface area contributed by atoms with E-state index in [1.807, 2.05) is 0 Å². The summed E-state index contributed by atoms with van der Waals surface area (Å²) in [4.78, 5) is 11.3. The number of carbonyl (C=O) groups excluding carboxylic acids is 1. The van der Waals surface area contributed by atoms with E-state index in [9.17, 15) is 4.79 Å². The first-order chi connectivity index (χ1) is 7.84. The highest BCUT2D eigenvalue weighted by Gasteiger charge is 2.18. The van der Waals surface area contributed by atoms with Crippen LogP contribution in [0.4, 0.5) is 0 Å². The Morgan fingerprint density at radius 2 is 2.00 bits per heavy atom. The van der Waals surface area contributed by atoms with E-state index in [1.54, 1.807) is 0 Å². The number of benzene rings is 1. The minimum absolute atomic E-state index is 0.482. The van der Waals surface area contributed by atoms with Gasteiger partial charge >= 0.3 is 0 Å². The van der Waals surface area contributed by atoms with Gasteiger partial charge in [0.15, 0.2) is 0 Å². The minimum Gasteiger partial charge on any atom is -0.300 e. The smallest absolute Gasteiger partial charge is 0.133 e. The summed E-state index contributed by atoms with van der Waals surface area (Å²) in [5, 5.41) is 0. The maximum absolute atomic E-state index is 11.3. The van der Waals surface area contributed by atoms with Crippen molar-refractivity contribution < 1.29 is 4.79 Å². The summed E-state index contributed by atoms with van der Waals surface area (Å²) in [6.45, 7) is 0. The molecular weight excluding hydrogens is 196 g/mol. The highest BCUT2D eigenvalue weighted by molar-refractivity contribution is 5.79. The molecule has 1 aromatic carbocycles. The van der Waals surface area contributed by atoms with Crippen molar-refractivity contribution in [3.05, 3.63) is 35.9 Å². The standard InChI is InChI=1S/C15H20O/c16-15-11-5-10-14(12-15)9-4-8-13-6-2-1-3-7-13/h1-3,6-7,14H,4-5,8-12H2. The number of ketones is 1. The quantitative estimate of drug-likeness (QED) is 0.748. The third kappa shape index (κ3) is 3.48. The van der Waals surface area contributed by atoms with Crippen LogP contribution in [0.25, 0.3) is 0 Å². The fourth-order valence-corrected chi connectivity index (χ4v) is 2.60. The van der Waals surface area contributed by atoms with Gasteiger partial charge in [-0.05, 0) is 43.6 Å². The van der Waals surface area contributed by atoms with Gasteiger partial charge in [0.25, 0.3) is 0 Å². The first-order valence-corrected chi connectivity index (χ1v) is 6.40. The van der Waals surface area contributed by atoms with Gasteiger partial charge in [0.2, 0.25) is 0 Å². The van der Waals surface area contributed by atoms with Crippen LogP contribution in [0.1, 0.15) is 44.1 Å². The Morgan fingerprint density at radius 3 is 2.75 bits per heavy atom. The van der Waals surface area contributed by atoms with E-state index in [0.29, 0.717) is 11.7 Å². The Kier molecular flexibility index (Phi) is 4.15. The largest absolute Gasteiger partial charge is 0.300 e. The molecule has 86 valence electrons. The maximum Gasteiger partial charge on any atom is 0.133 e. The molecule has 0 amide bonds. The second-order valence-electron chi connectivity index (χ2n) is 4.88. The Bertz CT molecular complexity index is 329. The molecule has 0 N–H and O–H groups in total. The summed E-state index contributed by atoms with van der Waals surface area (Å²) in [5.41, 5.74) is 1.42. The second-order valence-corrected chi connectivity index (χ2v) is 4.88. The lowest BCUT2D eigenvalue weighted by Crippen LogP contribution is -2.14. The van der Waals surface area contributed by atoms with Crippen molar-refractivity contribution in [2.45, 2.75) is 44.9 Å². The summed E-state index contributed by atoms with van der Waals surface area (Å²) in [6.07, 6.45) is 7.66. The summed E-state index contributed by atoms with van der Waals surface area (Å²) in [5.74, 6) is 1.15. The second kappa shape index (κ2) is 5.83. The van der Waals surface area contributed by atoms with E-state index in [-0.39, 0.29) is 0 Å². The molecule has 1 nitrogen and oxygen atoms in total. The third-order valence-corrected chi connectivity index (χ3v) is 3.50. The van der Waals surface area contributed by atoms with E-state index in [2.05, 4.69) is 30.3 Å². The van der Waals surface area contributed by atoms with Crippen molar-refractivity contribution in [1.29, 1.82) is 0 Å². The maximum atomic E-state index is 11.3. The van der Waals surface area contributed by atoms with Crippen molar-refractivity contribution in [3.8, 4) is 0 Å². The summed E-state index contributed by atoms with van der Waals surface area (Å²) < 4.78 is 0. The first kappa shape index (κ1) is 11.4. The number of rotatable bonds is 4. The normalized spacial score (nSPS) is 21.0. The van der Waals surface area contributed by atoms with Crippen LogP contribution in [0.2, 0.25) is 0 Å². The van der Waals surface area contributed by atoms with Gasteiger partial charge in [0.05, 0.1) is 0 Å². The molecule has 0 aromatic heterocycles. The van der Waals surface area contributed by atoms with Crippen LogP contribution in [-0.2, 0) is 11.2 Å². The van der Waals surface area contributed by atoms with Crippen molar-refractivity contribution in [2.75, 3.05) is 0 Å². The number of Topliss-reactive ketones (excluding diaryl/α,β-unsaturated/α-hetero) is 1. The molecule has 2 rings (SSSR count). The first-order valence-electron chi connectivity index (χ1n) is 6.40. The van der Waals surface area contributed by atoms with Crippen LogP contribution in [0.15, 0.2) is 30.3 Å². The van der Waals surface area contributed by atoms with Crippen LogP contribution >= 0.6 is 0 Å². The van der Waals surface area contributed by atoms with Gasteiger partial charge in [0.1, 0.15) is 5.78 Å². The molecular formula is C15H20O. The third-order valence-electron chi connectivity index (χ3n) is 3.50. The lowest BCUT2D eigenvalue weighted by molar-refractivity contribution is -0.121. The summed E-state index contributed by atoms with van der Waals surface area (Å²) in [6, 6.07) is 10.6. The van der Waals surface area contributed by atoms with Gasteiger partial charge in [0, 0.05) is 12.8 Å². The molecule has 0 aliphatic heterocycles. The molecule has 0 saturated heterocycles. The molecule has 0 heterocycles. The van der Waals surface area contributed by atoms with E-state index >= 15 is 0 Å². The van der Waals surface area contributed by atoms with E-state index < -0.39 is 0 Å². The molecule has 0 spiro atoms.